The number of amides is 1. The average Bonchev–Trinajstić information content (AvgIpc) is 2.69. The summed E-state index contributed by atoms with van der Waals surface area (Å²) >= 11 is 1.41. The Morgan fingerprint density at radius 2 is 2.24 bits per heavy atom. The highest BCUT2D eigenvalue weighted by Crippen LogP contribution is 2.28. The molecule has 0 bridgehead atoms. The van der Waals surface area contributed by atoms with Gasteiger partial charge in [-0.15, -0.1) is 11.3 Å². The number of aryl methyl sites for hydroxylation is 1. The Morgan fingerprint density at radius 3 is 2.76 bits per heavy atom. The van der Waals surface area contributed by atoms with Crippen molar-refractivity contribution in [2.75, 3.05) is 13.7 Å². The maximum atomic E-state index is 12.0. The van der Waals surface area contributed by atoms with Gasteiger partial charge < -0.3 is 15.2 Å². The van der Waals surface area contributed by atoms with E-state index in [1.54, 1.807) is 7.11 Å². The van der Waals surface area contributed by atoms with Gasteiger partial charge in [0, 0.05) is 17.5 Å². The summed E-state index contributed by atoms with van der Waals surface area (Å²) in [6, 6.07) is 1.78. The zero-order chi connectivity index (χ0) is 13.0. The molecular formula is C12H19NO3S. The molecule has 0 aliphatic heterocycles. The van der Waals surface area contributed by atoms with Gasteiger partial charge in [-0.05, 0) is 25.8 Å². The Kier molecular flexibility index (Phi) is 4.96. The van der Waals surface area contributed by atoms with E-state index >= 15 is 0 Å². The highest BCUT2D eigenvalue weighted by atomic mass is 32.1. The van der Waals surface area contributed by atoms with Gasteiger partial charge in [-0.25, -0.2) is 0 Å². The Bertz CT molecular complexity index is 389. The van der Waals surface area contributed by atoms with Crippen LogP contribution in [0.3, 0.4) is 0 Å². The van der Waals surface area contributed by atoms with Gasteiger partial charge in [-0.3, -0.25) is 4.79 Å². The minimum absolute atomic E-state index is 0.0333. The minimum Gasteiger partial charge on any atom is -0.495 e. The fraction of sp³-hybridized carbons (Fsp3) is 0.583. The number of nitrogens with one attached hydrogen (secondary N) is 1. The fourth-order valence-corrected chi connectivity index (χ4v) is 2.26. The summed E-state index contributed by atoms with van der Waals surface area (Å²) in [5, 5.41) is 11.9. The van der Waals surface area contributed by atoms with Crippen LogP contribution < -0.4 is 10.1 Å². The number of carbonyl (C=O) groups is 1. The van der Waals surface area contributed by atoms with Gasteiger partial charge in [0.2, 0.25) is 0 Å². The molecule has 0 radical (unpaired) electrons. The molecule has 0 aliphatic rings. The van der Waals surface area contributed by atoms with E-state index in [4.69, 9.17) is 9.84 Å². The predicted molar refractivity (Wildman–Crippen MR) is 68.8 cm³/mol. The first-order valence-electron chi connectivity index (χ1n) is 5.55. The summed E-state index contributed by atoms with van der Waals surface area (Å²) in [7, 11) is 1.55. The molecule has 4 nitrogen and oxygen atoms in total. The van der Waals surface area contributed by atoms with Crippen LogP contribution in [-0.2, 0) is 0 Å². The molecule has 2 atom stereocenters. The van der Waals surface area contributed by atoms with Gasteiger partial charge >= 0.3 is 0 Å². The zero-order valence-corrected chi connectivity index (χ0v) is 11.4. The molecule has 5 heteroatoms. The smallest absolute Gasteiger partial charge is 0.265 e. The normalized spacial score (nSPS) is 14.2. The minimum atomic E-state index is -0.146. The first-order valence-corrected chi connectivity index (χ1v) is 6.37. The summed E-state index contributed by atoms with van der Waals surface area (Å²) in [6.45, 7) is 5.76. The molecule has 1 aromatic rings. The van der Waals surface area contributed by atoms with Crippen LogP contribution in [0.1, 0.15) is 28.4 Å². The fourth-order valence-electron chi connectivity index (χ4n) is 1.37. The van der Waals surface area contributed by atoms with Crippen molar-refractivity contribution in [1.29, 1.82) is 0 Å². The van der Waals surface area contributed by atoms with Crippen LogP contribution in [0.2, 0.25) is 0 Å². The lowest BCUT2D eigenvalue weighted by atomic mass is 10.1. The number of ether oxygens (including phenoxy) is 1. The third-order valence-electron chi connectivity index (χ3n) is 2.75. The highest BCUT2D eigenvalue weighted by molar-refractivity contribution is 7.14. The van der Waals surface area contributed by atoms with Crippen molar-refractivity contribution in [3.8, 4) is 5.75 Å². The summed E-state index contributed by atoms with van der Waals surface area (Å²) in [5.74, 6) is 0.493. The number of aliphatic hydroxyl groups excluding tert-OH is 1. The summed E-state index contributed by atoms with van der Waals surface area (Å²) < 4.78 is 5.16. The number of methoxy groups -OCH3 is 1. The van der Waals surface area contributed by atoms with Crippen LogP contribution in [0.15, 0.2) is 6.07 Å². The van der Waals surface area contributed by atoms with Gasteiger partial charge in [-0.1, -0.05) is 6.92 Å². The second kappa shape index (κ2) is 6.02. The standard InChI is InChI=1S/C12H19NO3S/c1-7(6-14)9(3)13-12(15)11-10(16-4)5-8(2)17-11/h5,7,9,14H,6H2,1-4H3,(H,13,15). The SMILES string of the molecule is COc1cc(C)sc1C(=O)NC(C)C(C)CO. The van der Waals surface area contributed by atoms with E-state index in [-0.39, 0.29) is 24.5 Å². The zero-order valence-electron chi connectivity index (χ0n) is 10.6. The molecule has 17 heavy (non-hydrogen) atoms. The monoisotopic (exact) mass is 257 g/mol. The molecule has 96 valence electrons. The van der Waals surface area contributed by atoms with E-state index in [9.17, 15) is 4.79 Å². The largest absolute Gasteiger partial charge is 0.495 e. The Hall–Kier alpha value is -1.07. The molecule has 0 fully saturated rings. The number of carbonyl (C=O) groups excluding carboxylic acids is 1. The quantitative estimate of drug-likeness (QED) is 0.846. The third-order valence-corrected chi connectivity index (χ3v) is 3.78. The second-order valence-corrected chi connectivity index (χ2v) is 5.43. The van der Waals surface area contributed by atoms with Crippen LogP contribution in [0.25, 0.3) is 0 Å². The maximum Gasteiger partial charge on any atom is 0.265 e. The van der Waals surface area contributed by atoms with Crippen molar-refractivity contribution in [2.24, 2.45) is 5.92 Å². The third kappa shape index (κ3) is 3.44. The number of hydrogen-bond acceptors (Lipinski definition) is 4. The molecule has 1 heterocycles. The van der Waals surface area contributed by atoms with Crippen LogP contribution in [0.5, 0.6) is 5.75 Å². The van der Waals surface area contributed by atoms with E-state index in [1.807, 2.05) is 26.8 Å². The molecule has 1 rings (SSSR count). The van der Waals surface area contributed by atoms with Crippen LogP contribution >= 0.6 is 11.3 Å². The molecule has 0 aliphatic carbocycles. The number of hydrogen-bond donors (Lipinski definition) is 2. The Labute approximate surface area is 106 Å². The van der Waals surface area contributed by atoms with Crippen molar-refractivity contribution in [2.45, 2.75) is 26.8 Å². The van der Waals surface area contributed by atoms with Crippen molar-refractivity contribution < 1.29 is 14.6 Å². The maximum absolute atomic E-state index is 12.0. The summed E-state index contributed by atoms with van der Waals surface area (Å²) in [4.78, 5) is 13.6. The lowest BCUT2D eigenvalue weighted by molar-refractivity contribution is 0.0917. The molecule has 0 aromatic carbocycles. The van der Waals surface area contributed by atoms with E-state index < -0.39 is 0 Å². The van der Waals surface area contributed by atoms with Gasteiger partial charge in [-0.2, -0.15) is 0 Å². The van der Waals surface area contributed by atoms with Crippen molar-refractivity contribution >= 4 is 17.2 Å². The van der Waals surface area contributed by atoms with Gasteiger partial charge in [0.05, 0.1) is 7.11 Å². The Morgan fingerprint density at radius 1 is 1.59 bits per heavy atom. The molecule has 2 unspecified atom stereocenters. The first-order chi connectivity index (χ1) is 7.99. The van der Waals surface area contributed by atoms with Crippen molar-refractivity contribution in [1.82, 2.24) is 5.32 Å². The van der Waals surface area contributed by atoms with Crippen molar-refractivity contribution in [3.05, 3.63) is 15.8 Å². The molecule has 1 aromatic heterocycles. The van der Waals surface area contributed by atoms with Gasteiger partial charge in [0.25, 0.3) is 5.91 Å². The molecule has 0 saturated carbocycles. The van der Waals surface area contributed by atoms with E-state index in [0.29, 0.717) is 10.6 Å². The Balaban J connectivity index is 2.75. The van der Waals surface area contributed by atoms with Gasteiger partial charge in [0.1, 0.15) is 10.6 Å². The molecule has 2 N–H and O–H groups in total. The average molecular weight is 257 g/mol. The number of rotatable bonds is 5. The molecule has 0 saturated heterocycles. The van der Waals surface area contributed by atoms with Crippen molar-refractivity contribution in [3.63, 3.8) is 0 Å². The molecule has 1 amide bonds. The molecular weight excluding hydrogens is 238 g/mol. The summed E-state index contributed by atoms with van der Waals surface area (Å²) in [6.07, 6.45) is 0. The topological polar surface area (TPSA) is 58.6 Å². The van der Waals surface area contributed by atoms with Crippen LogP contribution in [0.4, 0.5) is 0 Å². The molecule has 0 spiro atoms. The highest BCUT2D eigenvalue weighted by Gasteiger charge is 2.19. The van der Waals surface area contributed by atoms with Gasteiger partial charge in [0.15, 0.2) is 0 Å². The van der Waals surface area contributed by atoms with Crippen LogP contribution in [-0.4, -0.2) is 30.8 Å². The summed E-state index contributed by atoms with van der Waals surface area (Å²) in [5.41, 5.74) is 0. The lowest BCUT2D eigenvalue weighted by Crippen LogP contribution is -2.38. The second-order valence-electron chi connectivity index (χ2n) is 4.18. The first kappa shape index (κ1) is 14.0. The van der Waals surface area contributed by atoms with E-state index in [0.717, 1.165) is 4.88 Å². The van der Waals surface area contributed by atoms with E-state index in [1.165, 1.54) is 11.3 Å². The van der Waals surface area contributed by atoms with E-state index in [2.05, 4.69) is 5.32 Å². The predicted octanol–water partition coefficient (Wildman–Crippen LogP) is 1.81. The lowest BCUT2D eigenvalue weighted by Gasteiger charge is -2.18. The van der Waals surface area contributed by atoms with Crippen LogP contribution in [0, 0.1) is 12.8 Å². The number of thiophene rings is 1. The number of aliphatic hydroxyl groups is 1.